The molecule has 0 radical (unpaired) electrons. The highest BCUT2D eigenvalue weighted by molar-refractivity contribution is 7.17. The molecule has 0 saturated carbocycles. The topological polar surface area (TPSA) is 46.5 Å². The Labute approximate surface area is 245 Å². The van der Waals surface area contributed by atoms with E-state index in [0.29, 0.717) is 5.92 Å². The first-order valence-electron chi connectivity index (χ1n) is 15.2. The third-order valence-electron chi connectivity index (χ3n) is 9.35. The van der Waals surface area contributed by atoms with Crippen molar-refractivity contribution < 1.29 is 4.74 Å². The van der Waals surface area contributed by atoms with Gasteiger partial charge in [-0.25, -0.2) is 0 Å². The highest BCUT2D eigenvalue weighted by Gasteiger charge is 2.54. The molecule has 2 aliphatic rings. The lowest BCUT2D eigenvalue weighted by Gasteiger charge is -2.28. The van der Waals surface area contributed by atoms with Gasteiger partial charge in [-0.15, -0.1) is 11.3 Å². The molecule has 1 fully saturated rings. The molecule has 2 aliphatic heterocycles. The van der Waals surface area contributed by atoms with Crippen LogP contribution in [0.5, 0.6) is 0 Å². The van der Waals surface area contributed by atoms with Crippen LogP contribution in [-0.4, -0.2) is 23.8 Å². The second-order valence-electron chi connectivity index (χ2n) is 13.1. The number of ether oxygens (including phenoxy) is 1. The number of nitrogens with zero attached hydrogens (tertiary/aromatic N) is 2. The molecule has 0 amide bonds. The summed E-state index contributed by atoms with van der Waals surface area (Å²) < 4.78 is 7.94. The van der Waals surface area contributed by atoms with Crippen molar-refractivity contribution in [2.24, 2.45) is 10.4 Å². The summed E-state index contributed by atoms with van der Waals surface area (Å²) in [4.78, 5) is 10.3. The smallest absolute Gasteiger partial charge is 0.0920 e. The van der Waals surface area contributed by atoms with Crippen LogP contribution in [0.15, 0.2) is 47.0 Å². The molecule has 4 nitrogen and oxygen atoms in total. The third-order valence-corrected chi connectivity index (χ3v) is 10.3. The summed E-state index contributed by atoms with van der Waals surface area (Å²) >= 11 is 1.79. The molecule has 0 spiro atoms. The Balaban J connectivity index is 1.66. The van der Waals surface area contributed by atoms with Crippen LogP contribution in [0.1, 0.15) is 116 Å². The minimum Gasteiger partial charge on any atom is -0.360 e. The number of aliphatic imine (C=N–C) groups is 1. The van der Waals surface area contributed by atoms with Crippen LogP contribution in [0.2, 0.25) is 0 Å². The number of benzene rings is 1. The molecule has 3 unspecified atom stereocenters. The molecule has 214 valence electrons. The fourth-order valence-corrected chi connectivity index (χ4v) is 7.75. The van der Waals surface area contributed by atoms with E-state index in [9.17, 15) is 0 Å². The average Bonchev–Trinajstić information content (AvgIpc) is 3.59. The van der Waals surface area contributed by atoms with Crippen molar-refractivity contribution in [2.75, 3.05) is 13.1 Å². The fraction of sp³-hybridized carbons (Fsp3) is 0.543. The zero-order valence-electron chi connectivity index (χ0n) is 25.8. The number of allylic oxidation sites excluding steroid dienone is 1. The quantitative estimate of drug-likeness (QED) is 0.189. The number of thiophene rings is 1. The van der Waals surface area contributed by atoms with Gasteiger partial charge in [0.1, 0.15) is 0 Å². The van der Waals surface area contributed by atoms with Crippen LogP contribution < -0.4 is 5.32 Å². The molecule has 3 aromatic rings. The number of hydrogen-bond donors (Lipinski definition) is 1. The summed E-state index contributed by atoms with van der Waals surface area (Å²) in [6.45, 7) is 24.1. The van der Waals surface area contributed by atoms with Crippen molar-refractivity contribution in [3.05, 3.63) is 64.3 Å². The van der Waals surface area contributed by atoms with E-state index in [1.165, 1.54) is 32.3 Å². The van der Waals surface area contributed by atoms with Gasteiger partial charge < -0.3 is 10.1 Å². The van der Waals surface area contributed by atoms with Crippen molar-refractivity contribution in [1.82, 2.24) is 10.3 Å². The maximum atomic E-state index is 6.68. The van der Waals surface area contributed by atoms with Gasteiger partial charge in [-0.05, 0) is 106 Å². The standard InChI is InChI=1S/C35H47N3OS/c1-10-23(5)25-19-28-29(35(9)16-15-34(28,8)39-35)20-26(25)30-24-13-18-40-31(24)27(21-37-30)32(38-22(3)4)33(6,7)14-12-17-36-11-2/h13,18-21,23,36H,3,10-12,14-17H2,1-2,4-9H3/b38-32-. The van der Waals surface area contributed by atoms with E-state index in [4.69, 9.17) is 14.7 Å². The van der Waals surface area contributed by atoms with Gasteiger partial charge >= 0.3 is 0 Å². The number of fused-ring (bicyclic) bond motifs is 6. The maximum absolute atomic E-state index is 6.68. The highest BCUT2D eigenvalue weighted by Crippen LogP contribution is 2.59. The predicted octanol–water partition coefficient (Wildman–Crippen LogP) is 9.47. The van der Waals surface area contributed by atoms with Gasteiger partial charge in [0.2, 0.25) is 0 Å². The van der Waals surface area contributed by atoms with Crippen molar-refractivity contribution in [3.8, 4) is 11.3 Å². The Morgan fingerprint density at radius 2 is 1.90 bits per heavy atom. The highest BCUT2D eigenvalue weighted by atomic mass is 32.1. The summed E-state index contributed by atoms with van der Waals surface area (Å²) in [5, 5.41) is 6.89. The Hall–Kier alpha value is -2.34. The van der Waals surface area contributed by atoms with Gasteiger partial charge in [0.05, 0.1) is 22.6 Å². The number of nitrogens with one attached hydrogen (secondary N) is 1. The lowest BCUT2D eigenvalue weighted by atomic mass is 9.75. The van der Waals surface area contributed by atoms with Crippen molar-refractivity contribution >= 4 is 27.1 Å². The van der Waals surface area contributed by atoms with Crippen LogP contribution >= 0.6 is 11.3 Å². The summed E-state index contributed by atoms with van der Waals surface area (Å²) in [5.74, 6) is 0.433. The van der Waals surface area contributed by atoms with Crippen molar-refractivity contribution in [1.29, 1.82) is 0 Å². The van der Waals surface area contributed by atoms with Crippen LogP contribution in [-0.2, 0) is 15.9 Å². The number of hydrogen-bond acceptors (Lipinski definition) is 5. The molecule has 3 atom stereocenters. The SMILES string of the molecule is C=C(C)/N=C(/c1cnc(-c2cc3c(cc2C(C)CC)C2(C)CCC3(C)O2)c2ccsc12)C(C)(C)CCCNCC. The van der Waals surface area contributed by atoms with Crippen LogP contribution in [0.4, 0.5) is 0 Å². The average molecular weight is 558 g/mol. The minimum absolute atomic E-state index is 0.107. The molecule has 5 heteroatoms. The molecule has 2 aromatic heterocycles. The summed E-state index contributed by atoms with van der Waals surface area (Å²) in [7, 11) is 0. The van der Waals surface area contributed by atoms with Gasteiger partial charge in [-0.2, -0.15) is 0 Å². The first kappa shape index (κ1) is 29.2. The first-order chi connectivity index (χ1) is 18.9. The molecule has 1 saturated heterocycles. The van der Waals surface area contributed by atoms with Gasteiger partial charge in [-0.3, -0.25) is 9.98 Å². The second kappa shape index (κ2) is 10.8. The van der Waals surface area contributed by atoms with E-state index < -0.39 is 0 Å². The molecular weight excluding hydrogens is 510 g/mol. The largest absolute Gasteiger partial charge is 0.360 e. The molecule has 5 rings (SSSR count). The van der Waals surface area contributed by atoms with Crippen LogP contribution in [0, 0.1) is 5.41 Å². The molecule has 0 aliphatic carbocycles. The van der Waals surface area contributed by atoms with Gasteiger partial charge in [-0.1, -0.05) is 47.3 Å². The van der Waals surface area contributed by atoms with E-state index in [-0.39, 0.29) is 16.6 Å². The Kier molecular flexibility index (Phi) is 7.88. The van der Waals surface area contributed by atoms with Gasteiger partial charge in [0, 0.05) is 38.5 Å². The van der Waals surface area contributed by atoms with Crippen molar-refractivity contribution in [3.63, 3.8) is 0 Å². The summed E-state index contributed by atoms with van der Waals surface area (Å²) in [6.07, 6.45) is 7.47. The number of aromatic nitrogens is 1. The minimum atomic E-state index is -0.210. The number of rotatable bonds is 11. The summed E-state index contributed by atoms with van der Waals surface area (Å²) in [5.41, 5.74) is 9.02. The lowest BCUT2D eigenvalue weighted by Crippen LogP contribution is -2.27. The van der Waals surface area contributed by atoms with E-state index in [2.05, 4.69) is 90.1 Å². The zero-order chi connectivity index (χ0) is 28.9. The second-order valence-corrected chi connectivity index (χ2v) is 14.0. The van der Waals surface area contributed by atoms with E-state index in [1.54, 1.807) is 11.3 Å². The van der Waals surface area contributed by atoms with Gasteiger partial charge in [0.25, 0.3) is 0 Å². The first-order valence-corrected chi connectivity index (χ1v) is 16.0. The third kappa shape index (κ3) is 4.99. The molecule has 1 N–H and O–H groups in total. The Morgan fingerprint density at radius 3 is 2.55 bits per heavy atom. The van der Waals surface area contributed by atoms with Crippen LogP contribution in [0.3, 0.4) is 0 Å². The monoisotopic (exact) mass is 557 g/mol. The van der Waals surface area contributed by atoms with Crippen molar-refractivity contribution in [2.45, 2.75) is 105 Å². The van der Waals surface area contributed by atoms with E-state index >= 15 is 0 Å². The summed E-state index contributed by atoms with van der Waals surface area (Å²) in [6, 6.07) is 7.13. The Morgan fingerprint density at radius 1 is 1.20 bits per heavy atom. The molecular formula is C35H47N3OS. The zero-order valence-corrected chi connectivity index (χ0v) is 26.6. The molecule has 2 bridgehead atoms. The maximum Gasteiger partial charge on any atom is 0.0920 e. The molecule has 40 heavy (non-hydrogen) atoms. The Bertz CT molecular complexity index is 1470. The van der Waals surface area contributed by atoms with Gasteiger partial charge in [0.15, 0.2) is 0 Å². The van der Waals surface area contributed by atoms with E-state index in [1.807, 2.05) is 6.92 Å². The van der Waals surface area contributed by atoms with E-state index in [0.717, 1.165) is 67.9 Å². The normalized spacial score (nSPS) is 23.1. The molecule has 4 heterocycles. The fourth-order valence-electron chi connectivity index (χ4n) is 6.84. The number of pyridine rings is 1. The lowest BCUT2D eigenvalue weighted by molar-refractivity contribution is -0.0662. The van der Waals surface area contributed by atoms with Crippen LogP contribution in [0.25, 0.3) is 21.3 Å². The molecule has 1 aromatic carbocycles. The predicted molar refractivity (Wildman–Crippen MR) is 172 cm³/mol.